The van der Waals surface area contributed by atoms with Crippen LogP contribution in [0.2, 0.25) is 0 Å². The number of carbonyl (C=O) groups is 2. The van der Waals surface area contributed by atoms with Gasteiger partial charge in [0.25, 0.3) is 0 Å². The first-order valence-corrected chi connectivity index (χ1v) is 7.62. The topological polar surface area (TPSA) is 66.4 Å². The minimum atomic E-state index is -0.829. The molecule has 0 aliphatic heterocycles. The quantitative estimate of drug-likeness (QED) is 0.735. The van der Waals surface area contributed by atoms with Crippen molar-refractivity contribution in [1.82, 2.24) is 5.32 Å². The molecule has 0 heterocycles. The standard InChI is InChI=1S/C17H25NO3/c1-3-14(4-2)17(21)18-15(10-11-16(19)20)12-13-8-6-5-7-9-13/h5-9,14-15H,3-4,10-12H2,1-2H3,(H,18,21)(H,19,20). The zero-order valence-corrected chi connectivity index (χ0v) is 12.8. The first-order valence-electron chi connectivity index (χ1n) is 7.62. The molecule has 1 rings (SSSR count). The van der Waals surface area contributed by atoms with Crippen LogP contribution >= 0.6 is 0 Å². The van der Waals surface area contributed by atoms with Gasteiger partial charge in [0, 0.05) is 18.4 Å². The fourth-order valence-electron chi connectivity index (χ4n) is 2.40. The Hall–Kier alpha value is -1.84. The van der Waals surface area contributed by atoms with E-state index in [1.54, 1.807) is 0 Å². The van der Waals surface area contributed by atoms with Gasteiger partial charge in [-0.3, -0.25) is 9.59 Å². The Morgan fingerprint density at radius 3 is 2.29 bits per heavy atom. The zero-order chi connectivity index (χ0) is 15.7. The van der Waals surface area contributed by atoms with E-state index in [9.17, 15) is 9.59 Å². The summed E-state index contributed by atoms with van der Waals surface area (Å²) in [7, 11) is 0. The maximum Gasteiger partial charge on any atom is 0.303 e. The number of carboxylic acids is 1. The van der Waals surface area contributed by atoms with E-state index < -0.39 is 5.97 Å². The van der Waals surface area contributed by atoms with Gasteiger partial charge in [0.2, 0.25) is 5.91 Å². The summed E-state index contributed by atoms with van der Waals surface area (Å²) in [5.41, 5.74) is 1.11. The van der Waals surface area contributed by atoms with Crippen molar-refractivity contribution in [3.63, 3.8) is 0 Å². The van der Waals surface area contributed by atoms with Gasteiger partial charge in [-0.15, -0.1) is 0 Å². The van der Waals surface area contributed by atoms with Crippen LogP contribution in [0.15, 0.2) is 30.3 Å². The maximum absolute atomic E-state index is 12.2. The first kappa shape index (κ1) is 17.2. The maximum atomic E-state index is 12.2. The van der Waals surface area contributed by atoms with Crippen molar-refractivity contribution in [2.75, 3.05) is 0 Å². The lowest BCUT2D eigenvalue weighted by atomic mass is 9.98. The van der Waals surface area contributed by atoms with Crippen LogP contribution in [-0.4, -0.2) is 23.0 Å². The van der Waals surface area contributed by atoms with E-state index in [4.69, 9.17) is 5.11 Å². The summed E-state index contributed by atoms with van der Waals surface area (Å²) in [6.45, 7) is 3.99. The highest BCUT2D eigenvalue weighted by Crippen LogP contribution is 2.12. The molecule has 1 aromatic carbocycles. The van der Waals surface area contributed by atoms with Gasteiger partial charge in [0.15, 0.2) is 0 Å². The van der Waals surface area contributed by atoms with Crippen molar-refractivity contribution in [1.29, 1.82) is 0 Å². The first-order chi connectivity index (χ1) is 10.1. The van der Waals surface area contributed by atoms with E-state index in [1.165, 1.54) is 0 Å². The third-order valence-corrected chi connectivity index (χ3v) is 3.73. The molecule has 0 radical (unpaired) electrons. The number of carboxylic acid groups (broad SMARTS) is 1. The summed E-state index contributed by atoms with van der Waals surface area (Å²) < 4.78 is 0. The lowest BCUT2D eigenvalue weighted by molar-refractivity contribution is -0.137. The summed E-state index contributed by atoms with van der Waals surface area (Å²) in [5, 5.41) is 11.9. The number of carbonyl (C=O) groups excluding carboxylic acids is 1. The predicted molar refractivity (Wildman–Crippen MR) is 83.0 cm³/mol. The molecule has 0 spiro atoms. The Morgan fingerprint density at radius 2 is 1.76 bits per heavy atom. The van der Waals surface area contributed by atoms with Gasteiger partial charge >= 0.3 is 5.97 Å². The van der Waals surface area contributed by atoms with E-state index >= 15 is 0 Å². The van der Waals surface area contributed by atoms with Crippen LogP contribution in [0.3, 0.4) is 0 Å². The number of rotatable bonds is 9. The summed E-state index contributed by atoms with van der Waals surface area (Å²) in [6.07, 6.45) is 2.80. The van der Waals surface area contributed by atoms with Crippen LogP contribution < -0.4 is 5.32 Å². The fraction of sp³-hybridized carbons (Fsp3) is 0.529. The third-order valence-electron chi connectivity index (χ3n) is 3.73. The predicted octanol–water partition coefficient (Wildman–Crippen LogP) is 3.01. The normalized spacial score (nSPS) is 12.1. The highest BCUT2D eigenvalue weighted by molar-refractivity contribution is 5.79. The van der Waals surface area contributed by atoms with E-state index in [0.29, 0.717) is 12.8 Å². The average molecular weight is 291 g/mol. The lowest BCUT2D eigenvalue weighted by Gasteiger charge is -2.21. The molecule has 0 aliphatic rings. The molecule has 0 aromatic heterocycles. The van der Waals surface area contributed by atoms with Gasteiger partial charge in [0.1, 0.15) is 0 Å². The van der Waals surface area contributed by atoms with E-state index in [2.05, 4.69) is 5.32 Å². The molecular weight excluding hydrogens is 266 g/mol. The second kappa shape index (κ2) is 9.16. The number of hydrogen-bond donors (Lipinski definition) is 2. The number of hydrogen-bond acceptors (Lipinski definition) is 2. The van der Waals surface area contributed by atoms with Crippen molar-refractivity contribution in [2.24, 2.45) is 5.92 Å². The lowest BCUT2D eigenvalue weighted by Crippen LogP contribution is -2.40. The smallest absolute Gasteiger partial charge is 0.303 e. The number of benzene rings is 1. The summed E-state index contributed by atoms with van der Waals surface area (Å²) in [6, 6.07) is 9.71. The zero-order valence-electron chi connectivity index (χ0n) is 12.8. The molecule has 4 heteroatoms. The van der Waals surface area contributed by atoms with Crippen molar-refractivity contribution in [3.8, 4) is 0 Å². The summed E-state index contributed by atoms with van der Waals surface area (Å²) in [5.74, 6) is -0.788. The van der Waals surface area contributed by atoms with E-state index in [1.807, 2.05) is 44.2 Å². The molecule has 0 saturated carbocycles. The highest BCUT2D eigenvalue weighted by atomic mass is 16.4. The average Bonchev–Trinajstić information content (AvgIpc) is 2.47. The van der Waals surface area contributed by atoms with Crippen LogP contribution in [0.5, 0.6) is 0 Å². The minimum absolute atomic E-state index is 0.00750. The molecule has 0 bridgehead atoms. The molecule has 0 saturated heterocycles. The second-order valence-electron chi connectivity index (χ2n) is 5.34. The van der Waals surface area contributed by atoms with Crippen LogP contribution in [0.25, 0.3) is 0 Å². The van der Waals surface area contributed by atoms with E-state index in [-0.39, 0.29) is 24.3 Å². The molecule has 2 N–H and O–H groups in total. The van der Waals surface area contributed by atoms with Gasteiger partial charge in [-0.2, -0.15) is 0 Å². The second-order valence-corrected chi connectivity index (χ2v) is 5.34. The summed E-state index contributed by atoms with van der Waals surface area (Å²) >= 11 is 0. The molecule has 0 fully saturated rings. The molecular formula is C17H25NO3. The van der Waals surface area contributed by atoms with Gasteiger partial charge < -0.3 is 10.4 Å². The molecule has 4 nitrogen and oxygen atoms in total. The van der Waals surface area contributed by atoms with Gasteiger partial charge in [-0.25, -0.2) is 0 Å². The fourth-order valence-corrected chi connectivity index (χ4v) is 2.40. The van der Waals surface area contributed by atoms with E-state index in [0.717, 1.165) is 18.4 Å². The number of amides is 1. The third kappa shape index (κ3) is 6.43. The molecule has 1 amide bonds. The number of nitrogens with one attached hydrogen (secondary N) is 1. The molecule has 1 unspecified atom stereocenters. The van der Waals surface area contributed by atoms with Gasteiger partial charge in [0.05, 0.1) is 0 Å². The SMILES string of the molecule is CCC(CC)C(=O)NC(CCC(=O)O)Cc1ccccc1. The molecule has 1 atom stereocenters. The highest BCUT2D eigenvalue weighted by Gasteiger charge is 2.19. The number of aliphatic carboxylic acids is 1. The van der Waals surface area contributed by atoms with Crippen molar-refractivity contribution in [2.45, 2.75) is 52.0 Å². The molecule has 0 aliphatic carbocycles. The van der Waals surface area contributed by atoms with Gasteiger partial charge in [-0.1, -0.05) is 44.2 Å². The Labute approximate surface area is 126 Å². The van der Waals surface area contributed by atoms with Crippen LogP contribution in [0, 0.1) is 5.92 Å². The summed E-state index contributed by atoms with van der Waals surface area (Å²) in [4.78, 5) is 23.0. The van der Waals surface area contributed by atoms with Crippen LogP contribution in [0.4, 0.5) is 0 Å². The van der Waals surface area contributed by atoms with Crippen molar-refractivity contribution >= 4 is 11.9 Å². The Kier molecular flexibility index (Phi) is 7.51. The van der Waals surface area contributed by atoms with Crippen LogP contribution in [0.1, 0.15) is 45.1 Å². The largest absolute Gasteiger partial charge is 0.481 e. The Balaban J connectivity index is 2.67. The Bertz CT molecular complexity index is 441. The minimum Gasteiger partial charge on any atom is -0.481 e. The molecule has 1 aromatic rings. The monoisotopic (exact) mass is 291 g/mol. The molecule has 116 valence electrons. The molecule has 21 heavy (non-hydrogen) atoms. The van der Waals surface area contributed by atoms with Crippen molar-refractivity contribution in [3.05, 3.63) is 35.9 Å². The Morgan fingerprint density at radius 1 is 1.14 bits per heavy atom. The van der Waals surface area contributed by atoms with Crippen molar-refractivity contribution < 1.29 is 14.7 Å². The van der Waals surface area contributed by atoms with Gasteiger partial charge in [-0.05, 0) is 31.2 Å². The van der Waals surface area contributed by atoms with Crippen LogP contribution in [-0.2, 0) is 16.0 Å².